The van der Waals surface area contributed by atoms with Gasteiger partial charge in [0.25, 0.3) is 0 Å². The maximum absolute atomic E-state index is 12.4. The van der Waals surface area contributed by atoms with Gasteiger partial charge < -0.3 is 0 Å². The maximum Gasteiger partial charge on any atom is 0.231 e. The minimum Gasteiger partial charge on any atom is -0.274 e. The van der Waals surface area contributed by atoms with Gasteiger partial charge in [-0.25, -0.2) is 4.21 Å². The molecule has 1 unspecified atom stereocenters. The molecule has 0 aliphatic rings. The zero-order chi connectivity index (χ0) is 15.4. The van der Waals surface area contributed by atoms with Crippen LogP contribution in [0.1, 0.15) is 26.7 Å². The quantitative estimate of drug-likeness (QED) is 0.901. The number of carbonyl (C=O) groups excluding carboxylic acids is 1. The molecule has 0 bridgehead atoms. The second-order valence-electron chi connectivity index (χ2n) is 5.32. The Balaban J connectivity index is 2.20. The Kier molecular flexibility index (Phi) is 5.37. The molecule has 2 rings (SSSR count). The Morgan fingerprint density at radius 1 is 1.19 bits per heavy atom. The number of hydrogen-bond acceptors (Lipinski definition) is 2. The van der Waals surface area contributed by atoms with Gasteiger partial charge in [-0.1, -0.05) is 49.7 Å². The van der Waals surface area contributed by atoms with Crippen molar-refractivity contribution < 1.29 is 9.00 Å². The third kappa shape index (κ3) is 4.05. The van der Waals surface area contributed by atoms with Crippen LogP contribution in [-0.2, 0) is 15.8 Å². The second kappa shape index (κ2) is 7.05. The van der Waals surface area contributed by atoms with Gasteiger partial charge in [-0.15, -0.1) is 0 Å². The van der Waals surface area contributed by atoms with Crippen LogP contribution in [0.25, 0.3) is 10.8 Å². The molecule has 0 fully saturated rings. The fourth-order valence-electron chi connectivity index (χ4n) is 2.03. The van der Waals surface area contributed by atoms with Gasteiger partial charge in [-0.05, 0) is 24.5 Å². The van der Waals surface area contributed by atoms with Gasteiger partial charge in [0.15, 0.2) is 11.0 Å². The van der Waals surface area contributed by atoms with Gasteiger partial charge in [-0.2, -0.15) is 0 Å². The van der Waals surface area contributed by atoms with Gasteiger partial charge >= 0.3 is 0 Å². The number of halogens is 1. The Morgan fingerprint density at radius 2 is 1.86 bits per heavy atom. The van der Waals surface area contributed by atoms with Crippen molar-refractivity contribution >= 4 is 39.3 Å². The van der Waals surface area contributed by atoms with Crippen molar-refractivity contribution in [3.63, 3.8) is 0 Å². The SMILES string of the molecule is CC(C)CCC(=O)NS(=O)c1ccc(Cl)c2ccccc12. The normalized spacial score (nSPS) is 12.6. The molecule has 2 aromatic rings. The fraction of sp³-hybridized carbons (Fsp3) is 0.312. The molecule has 0 saturated carbocycles. The van der Waals surface area contributed by atoms with Crippen LogP contribution >= 0.6 is 11.6 Å². The summed E-state index contributed by atoms with van der Waals surface area (Å²) in [6, 6.07) is 10.9. The lowest BCUT2D eigenvalue weighted by atomic mass is 10.1. The standard InChI is InChI=1S/C16H18ClNO2S/c1-11(2)7-10-16(19)18-21(20)15-9-8-14(17)12-5-3-4-6-13(12)15/h3-6,8-9,11H,7,10H2,1-2H3,(H,18,19). The van der Waals surface area contributed by atoms with Crippen LogP contribution in [0.3, 0.4) is 0 Å². The molecule has 0 heterocycles. The molecule has 21 heavy (non-hydrogen) atoms. The summed E-state index contributed by atoms with van der Waals surface area (Å²) in [4.78, 5) is 12.4. The fourth-order valence-corrected chi connectivity index (χ4v) is 3.24. The van der Waals surface area contributed by atoms with E-state index in [-0.39, 0.29) is 5.91 Å². The van der Waals surface area contributed by atoms with Crippen molar-refractivity contribution in [2.24, 2.45) is 5.92 Å². The highest BCUT2D eigenvalue weighted by Crippen LogP contribution is 2.27. The van der Waals surface area contributed by atoms with E-state index in [1.165, 1.54) is 0 Å². The molecule has 1 N–H and O–H groups in total. The molecular weight excluding hydrogens is 306 g/mol. The number of rotatable bonds is 5. The number of benzene rings is 2. The predicted molar refractivity (Wildman–Crippen MR) is 87.6 cm³/mol. The molecule has 2 aromatic carbocycles. The lowest BCUT2D eigenvalue weighted by Gasteiger charge is -2.09. The molecule has 0 aliphatic heterocycles. The number of nitrogens with one attached hydrogen (secondary N) is 1. The summed E-state index contributed by atoms with van der Waals surface area (Å²) in [5, 5.41) is 2.24. The third-order valence-electron chi connectivity index (χ3n) is 3.19. The van der Waals surface area contributed by atoms with E-state index in [4.69, 9.17) is 11.6 Å². The topological polar surface area (TPSA) is 46.2 Å². The Hall–Kier alpha value is -1.39. The van der Waals surface area contributed by atoms with Crippen LogP contribution in [0.5, 0.6) is 0 Å². The second-order valence-corrected chi connectivity index (χ2v) is 6.91. The molecule has 3 nitrogen and oxygen atoms in total. The Morgan fingerprint density at radius 3 is 2.52 bits per heavy atom. The van der Waals surface area contributed by atoms with Crippen molar-refractivity contribution in [1.29, 1.82) is 0 Å². The van der Waals surface area contributed by atoms with E-state index in [0.717, 1.165) is 17.2 Å². The Bertz CT molecular complexity index is 685. The van der Waals surface area contributed by atoms with E-state index < -0.39 is 11.0 Å². The number of amides is 1. The summed E-state index contributed by atoms with van der Waals surface area (Å²) >= 11 is 6.14. The van der Waals surface area contributed by atoms with E-state index in [1.807, 2.05) is 24.3 Å². The molecule has 1 amide bonds. The molecule has 0 spiro atoms. The first-order valence-corrected chi connectivity index (χ1v) is 8.40. The largest absolute Gasteiger partial charge is 0.274 e. The summed E-state index contributed by atoms with van der Waals surface area (Å²) < 4.78 is 14.9. The molecule has 0 aromatic heterocycles. The van der Waals surface area contributed by atoms with Crippen molar-refractivity contribution in [1.82, 2.24) is 4.72 Å². The lowest BCUT2D eigenvalue weighted by Crippen LogP contribution is -2.25. The van der Waals surface area contributed by atoms with E-state index in [9.17, 15) is 9.00 Å². The van der Waals surface area contributed by atoms with Crippen molar-refractivity contribution in [2.45, 2.75) is 31.6 Å². The van der Waals surface area contributed by atoms with Crippen molar-refractivity contribution in [2.75, 3.05) is 0 Å². The molecule has 112 valence electrons. The third-order valence-corrected chi connectivity index (χ3v) is 4.68. The first kappa shape index (κ1) is 16.0. The molecule has 0 saturated heterocycles. The number of carbonyl (C=O) groups is 1. The minimum absolute atomic E-state index is 0.193. The van der Waals surface area contributed by atoms with Gasteiger partial charge in [-0.3, -0.25) is 9.52 Å². The summed E-state index contributed by atoms with van der Waals surface area (Å²) in [6.45, 7) is 4.11. The lowest BCUT2D eigenvalue weighted by molar-refractivity contribution is -0.119. The van der Waals surface area contributed by atoms with Crippen LogP contribution in [-0.4, -0.2) is 10.1 Å². The van der Waals surface area contributed by atoms with E-state index in [1.54, 1.807) is 12.1 Å². The highest BCUT2D eigenvalue weighted by molar-refractivity contribution is 7.83. The van der Waals surface area contributed by atoms with E-state index in [2.05, 4.69) is 18.6 Å². The summed E-state index contributed by atoms with van der Waals surface area (Å²) in [5.74, 6) is 0.251. The van der Waals surface area contributed by atoms with Crippen LogP contribution in [0.4, 0.5) is 0 Å². The monoisotopic (exact) mass is 323 g/mol. The van der Waals surface area contributed by atoms with Gasteiger partial charge in [0.05, 0.1) is 4.90 Å². The van der Waals surface area contributed by atoms with Gasteiger partial charge in [0, 0.05) is 22.2 Å². The molecule has 1 atom stereocenters. The molecule has 0 radical (unpaired) electrons. The molecular formula is C16H18ClNO2S. The summed E-state index contributed by atoms with van der Waals surface area (Å²) in [5.41, 5.74) is 0. The summed E-state index contributed by atoms with van der Waals surface area (Å²) in [6.07, 6.45) is 1.17. The smallest absolute Gasteiger partial charge is 0.231 e. The van der Waals surface area contributed by atoms with Crippen LogP contribution in [0.2, 0.25) is 5.02 Å². The van der Waals surface area contributed by atoms with Gasteiger partial charge in [0.2, 0.25) is 5.91 Å². The number of hydrogen-bond donors (Lipinski definition) is 1. The summed E-state index contributed by atoms with van der Waals surface area (Å²) in [7, 11) is -1.57. The Labute approximate surface area is 132 Å². The van der Waals surface area contributed by atoms with Crippen molar-refractivity contribution in [3.05, 3.63) is 41.4 Å². The van der Waals surface area contributed by atoms with Crippen LogP contribution < -0.4 is 4.72 Å². The van der Waals surface area contributed by atoms with Crippen LogP contribution in [0.15, 0.2) is 41.3 Å². The highest BCUT2D eigenvalue weighted by Gasteiger charge is 2.13. The van der Waals surface area contributed by atoms with E-state index >= 15 is 0 Å². The molecule has 0 aliphatic carbocycles. The van der Waals surface area contributed by atoms with Gasteiger partial charge in [0.1, 0.15) is 0 Å². The molecule has 5 heteroatoms. The van der Waals surface area contributed by atoms with Crippen molar-refractivity contribution in [3.8, 4) is 0 Å². The average molecular weight is 324 g/mol. The van der Waals surface area contributed by atoms with E-state index in [0.29, 0.717) is 22.3 Å². The zero-order valence-corrected chi connectivity index (χ0v) is 13.6. The highest BCUT2D eigenvalue weighted by atomic mass is 35.5. The minimum atomic E-state index is -1.57. The van der Waals surface area contributed by atoms with Crippen LogP contribution in [0, 0.1) is 5.92 Å². The zero-order valence-electron chi connectivity index (χ0n) is 12.1. The average Bonchev–Trinajstić information content (AvgIpc) is 2.45. The number of fused-ring (bicyclic) bond motifs is 1. The maximum atomic E-state index is 12.4. The first-order valence-electron chi connectivity index (χ1n) is 6.87. The first-order chi connectivity index (χ1) is 9.99. The predicted octanol–water partition coefficient (Wildman–Crippen LogP) is 4.07.